The molecule has 2 unspecified atom stereocenters. The minimum absolute atomic E-state index is 0.0530. The molecule has 11 nitrogen and oxygen atoms in total. The number of primary amides is 1. The van der Waals surface area contributed by atoms with Gasteiger partial charge in [0.2, 0.25) is 11.8 Å². The maximum Gasteiger partial charge on any atom is 0.254 e. The molecule has 2 aromatic heterocycles. The molecule has 1 aliphatic carbocycles. The number of nitrogens with one attached hydrogen (secondary N) is 3. The number of nitrogens with zero attached hydrogens (tertiary/aromatic N) is 5. The SMILES string of the molecule is NC(=O)c1cnc(NC2CCCCC2N)nc1Nc1ccc(-c2nn[nH]n2)cc1. The molecule has 11 heteroatoms. The molecule has 150 valence electrons. The monoisotopic (exact) mass is 394 g/mol. The molecular weight excluding hydrogens is 372 g/mol. The van der Waals surface area contributed by atoms with E-state index >= 15 is 0 Å². The summed E-state index contributed by atoms with van der Waals surface area (Å²) in [5.41, 5.74) is 13.4. The Morgan fingerprint density at radius 1 is 1.17 bits per heavy atom. The van der Waals surface area contributed by atoms with Gasteiger partial charge in [-0.05, 0) is 42.3 Å². The number of hydrogen-bond acceptors (Lipinski definition) is 9. The number of carbonyl (C=O) groups excluding carboxylic acids is 1. The molecule has 7 N–H and O–H groups in total. The zero-order chi connectivity index (χ0) is 20.2. The Balaban J connectivity index is 1.55. The summed E-state index contributed by atoms with van der Waals surface area (Å²) < 4.78 is 0. The van der Waals surface area contributed by atoms with Crippen LogP contribution in [0.2, 0.25) is 0 Å². The van der Waals surface area contributed by atoms with Crippen molar-refractivity contribution in [2.24, 2.45) is 11.5 Å². The van der Waals surface area contributed by atoms with E-state index in [9.17, 15) is 4.79 Å². The van der Waals surface area contributed by atoms with Crippen molar-refractivity contribution in [1.29, 1.82) is 0 Å². The fourth-order valence-corrected chi connectivity index (χ4v) is 3.35. The normalized spacial score (nSPS) is 18.9. The minimum atomic E-state index is -0.614. The van der Waals surface area contributed by atoms with Crippen LogP contribution in [0.25, 0.3) is 11.4 Å². The van der Waals surface area contributed by atoms with Crippen LogP contribution < -0.4 is 22.1 Å². The van der Waals surface area contributed by atoms with Gasteiger partial charge in [0.25, 0.3) is 5.91 Å². The molecule has 0 saturated heterocycles. The predicted molar refractivity (Wildman–Crippen MR) is 107 cm³/mol. The predicted octanol–water partition coefficient (Wildman–Crippen LogP) is 1.18. The van der Waals surface area contributed by atoms with Gasteiger partial charge in [-0.1, -0.05) is 12.8 Å². The quantitative estimate of drug-likeness (QED) is 0.411. The largest absolute Gasteiger partial charge is 0.365 e. The summed E-state index contributed by atoms with van der Waals surface area (Å²) in [7, 11) is 0. The number of aromatic nitrogens is 6. The van der Waals surface area contributed by atoms with Crippen molar-refractivity contribution in [3.63, 3.8) is 0 Å². The molecule has 1 aliphatic rings. The second kappa shape index (κ2) is 8.19. The Hall–Kier alpha value is -3.60. The molecule has 2 heterocycles. The standard InChI is InChI=1S/C18H22N10O/c19-13-3-1-2-4-14(13)23-18-21-9-12(15(20)29)17(24-18)22-11-7-5-10(6-8-11)16-25-27-28-26-16/h5-9,13-14H,1-4,19H2,(H2,20,29)(H2,21,22,23,24)(H,25,26,27,28). The first-order valence-corrected chi connectivity index (χ1v) is 9.40. The molecule has 4 rings (SSSR count). The summed E-state index contributed by atoms with van der Waals surface area (Å²) in [5, 5.41) is 20.3. The zero-order valence-electron chi connectivity index (χ0n) is 15.7. The van der Waals surface area contributed by atoms with Crippen molar-refractivity contribution >= 4 is 23.4 Å². The van der Waals surface area contributed by atoms with Crippen LogP contribution in [-0.4, -0.2) is 48.6 Å². The number of benzene rings is 1. The second-order valence-electron chi connectivity index (χ2n) is 6.96. The highest BCUT2D eigenvalue weighted by Crippen LogP contribution is 2.24. The van der Waals surface area contributed by atoms with Crippen molar-refractivity contribution in [3.05, 3.63) is 36.0 Å². The Kier molecular flexibility index (Phi) is 5.29. The van der Waals surface area contributed by atoms with E-state index in [0.717, 1.165) is 36.9 Å². The van der Waals surface area contributed by atoms with Gasteiger partial charge in [-0.25, -0.2) is 4.98 Å². The fourth-order valence-electron chi connectivity index (χ4n) is 3.35. The molecule has 1 fully saturated rings. The van der Waals surface area contributed by atoms with E-state index in [4.69, 9.17) is 11.5 Å². The number of carbonyl (C=O) groups is 1. The highest BCUT2D eigenvalue weighted by atomic mass is 16.1. The molecule has 29 heavy (non-hydrogen) atoms. The van der Waals surface area contributed by atoms with E-state index in [1.54, 1.807) is 0 Å². The maximum absolute atomic E-state index is 11.8. The van der Waals surface area contributed by atoms with Crippen molar-refractivity contribution in [2.75, 3.05) is 10.6 Å². The first kappa shape index (κ1) is 18.7. The van der Waals surface area contributed by atoms with Crippen LogP contribution in [0.5, 0.6) is 0 Å². The number of anilines is 3. The number of H-pyrrole nitrogens is 1. The molecule has 0 aliphatic heterocycles. The summed E-state index contributed by atoms with van der Waals surface area (Å²) >= 11 is 0. The molecule has 0 spiro atoms. The lowest BCUT2D eigenvalue weighted by Gasteiger charge is -2.29. The first-order chi connectivity index (χ1) is 14.1. The van der Waals surface area contributed by atoms with Crippen molar-refractivity contribution in [3.8, 4) is 11.4 Å². The van der Waals surface area contributed by atoms with Crippen LogP contribution in [0, 0.1) is 0 Å². The second-order valence-corrected chi connectivity index (χ2v) is 6.96. The van der Waals surface area contributed by atoms with Gasteiger partial charge in [-0.2, -0.15) is 10.2 Å². The van der Waals surface area contributed by atoms with E-state index in [0.29, 0.717) is 17.6 Å². The maximum atomic E-state index is 11.8. The van der Waals surface area contributed by atoms with Gasteiger partial charge >= 0.3 is 0 Å². The Labute approximate surface area is 166 Å². The van der Waals surface area contributed by atoms with Crippen LogP contribution in [0.4, 0.5) is 17.5 Å². The Morgan fingerprint density at radius 2 is 1.97 bits per heavy atom. The van der Waals surface area contributed by atoms with Crippen LogP contribution in [0.3, 0.4) is 0 Å². The number of tetrazole rings is 1. The summed E-state index contributed by atoms with van der Waals surface area (Å²) in [6.45, 7) is 0. The van der Waals surface area contributed by atoms with E-state index in [1.165, 1.54) is 6.20 Å². The fraction of sp³-hybridized carbons (Fsp3) is 0.333. The van der Waals surface area contributed by atoms with Crippen molar-refractivity contribution in [1.82, 2.24) is 30.6 Å². The molecule has 0 radical (unpaired) electrons. The third kappa shape index (κ3) is 4.29. The number of rotatable bonds is 6. The average Bonchev–Trinajstić information content (AvgIpc) is 3.25. The number of hydrogen-bond donors (Lipinski definition) is 5. The minimum Gasteiger partial charge on any atom is -0.365 e. The lowest BCUT2D eigenvalue weighted by atomic mass is 9.91. The summed E-state index contributed by atoms with van der Waals surface area (Å²) in [6.07, 6.45) is 5.59. The number of amides is 1. The summed E-state index contributed by atoms with van der Waals surface area (Å²) in [5.74, 6) is 0.610. The molecule has 1 saturated carbocycles. The van der Waals surface area contributed by atoms with Gasteiger partial charge in [0.05, 0.1) is 0 Å². The highest BCUT2D eigenvalue weighted by Gasteiger charge is 2.23. The smallest absolute Gasteiger partial charge is 0.254 e. The van der Waals surface area contributed by atoms with Crippen LogP contribution in [0.1, 0.15) is 36.0 Å². The topological polar surface area (TPSA) is 173 Å². The summed E-state index contributed by atoms with van der Waals surface area (Å²) in [6, 6.07) is 7.46. The van der Waals surface area contributed by atoms with Crippen molar-refractivity contribution < 1.29 is 4.79 Å². The van der Waals surface area contributed by atoms with E-state index in [-0.39, 0.29) is 17.6 Å². The van der Waals surface area contributed by atoms with Crippen LogP contribution in [0.15, 0.2) is 30.5 Å². The van der Waals surface area contributed by atoms with E-state index in [2.05, 4.69) is 41.2 Å². The van der Waals surface area contributed by atoms with Crippen LogP contribution >= 0.6 is 0 Å². The van der Waals surface area contributed by atoms with E-state index < -0.39 is 5.91 Å². The summed E-state index contributed by atoms with van der Waals surface area (Å²) in [4.78, 5) is 20.5. The van der Waals surface area contributed by atoms with Gasteiger partial charge in [0.15, 0.2) is 0 Å². The zero-order valence-corrected chi connectivity index (χ0v) is 15.7. The average molecular weight is 394 g/mol. The third-order valence-corrected chi connectivity index (χ3v) is 4.94. The number of aromatic amines is 1. The molecule has 1 amide bonds. The molecule has 1 aromatic carbocycles. The van der Waals surface area contributed by atoms with Gasteiger partial charge in [-0.3, -0.25) is 4.79 Å². The molecule has 3 aromatic rings. The highest BCUT2D eigenvalue weighted by molar-refractivity contribution is 5.98. The molecular formula is C18H22N10O. The van der Waals surface area contributed by atoms with E-state index in [1.807, 2.05) is 24.3 Å². The van der Waals surface area contributed by atoms with Crippen LogP contribution in [-0.2, 0) is 0 Å². The van der Waals surface area contributed by atoms with Crippen molar-refractivity contribution in [2.45, 2.75) is 37.8 Å². The van der Waals surface area contributed by atoms with Gasteiger partial charge in [0.1, 0.15) is 11.4 Å². The third-order valence-electron chi connectivity index (χ3n) is 4.94. The van der Waals surface area contributed by atoms with Gasteiger partial charge < -0.3 is 22.1 Å². The lowest BCUT2D eigenvalue weighted by Crippen LogP contribution is -2.43. The van der Waals surface area contributed by atoms with Gasteiger partial charge in [-0.15, -0.1) is 10.2 Å². The Morgan fingerprint density at radius 3 is 2.66 bits per heavy atom. The molecule has 0 bridgehead atoms. The first-order valence-electron chi connectivity index (χ1n) is 9.40. The Bertz CT molecular complexity index is 973. The molecule has 2 atom stereocenters. The lowest BCUT2D eigenvalue weighted by molar-refractivity contribution is 0.100. The van der Waals surface area contributed by atoms with Gasteiger partial charge in [0, 0.05) is 29.5 Å². The number of nitrogens with two attached hydrogens (primary N) is 2.